The van der Waals surface area contributed by atoms with Crippen LogP contribution in [0.3, 0.4) is 0 Å². The normalized spacial score (nSPS) is 12.9. The molecule has 98 valence electrons. The van der Waals surface area contributed by atoms with Gasteiger partial charge < -0.3 is 9.84 Å². The van der Waals surface area contributed by atoms with Gasteiger partial charge in [0.2, 0.25) is 0 Å². The van der Waals surface area contributed by atoms with E-state index in [0.717, 1.165) is 43.9 Å². The van der Waals surface area contributed by atoms with E-state index in [1.165, 1.54) is 0 Å². The van der Waals surface area contributed by atoms with E-state index in [9.17, 15) is 5.11 Å². The molecule has 1 heterocycles. The van der Waals surface area contributed by atoms with Gasteiger partial charge in [0.25, 0.3) is 0 Å². The van der Waals surface area contributed by atoms with Crippen LogP contribution in [0.2, 0.25) is 0 Å². The first-order chi connectivity index (χ1) is 8.17. The van der Waals surface area contributed by atoms with Gasteiger partial charge in [-0.3, -0.25) is 4.68 Å². The van der Waals surface area contributed by atoms with Crippen molar-refractivity contribution in [3.8, 4) is 0 Å². The Morgan fingerprint density at radius 3 is 2.82 bits per heavy atom. The summed E-state index contributed by atoms with van der Waals surface area (Å²) < 4.78 is 7.12. The number of aliphatic hydroxyl groups excluding tert-OH is 1. The fourth-order valence-corrected chi connectivity index (χ4v) is 1.84. The average molecular weight is 240 g/mol. The molecule has 0 bridgehead atoms. The van der Waals surface area contributed by atoms with E-state index in [-0.39, 0.29) is 6.10 Å². The SMILES string of the molecule is CCOCCCC(O)Cc1cc(CC)nn1C. The van der Waals surface area contributed by atoms with Crippen molar-refractivity contribution in [2.75, 3.05) is 13.2 Å². The van der Waals surface area contributed by atoms with E-state index in [0.29, 0.717) is 6.42 Å². The highest BCUT2D eigenvalue weighted by molar-refractivity contribution is 5.11. The molecule has 1 atom stereocenters. The van der Waals surface area contributed by atoms with Crippen LogP contribution in [0.15, 0.2) is 6.07 Å². The maximum atomic E-state index is 9.91. The Hall–Kier alpha value is -0.870. The van der Waals surface area contributed by atoms with E-state index in [1.807, 2.05) is 18.7 Å². The van der Waals surface area contributed by atoms with Gasteiger partial charge in [-0.05, 0) is 32.3 Å². The van der Waals surface area contributed by atoms with E-state index in [1.54, 1.807) is 0 Å². The number of nitrogens with zero attached hydrogens (tertiary/aromatic N) is 2. The minimum absolute atomic E-state index is 0.296. The smallest absolute Gasteiger partial charge is 0.0624 e. The summed E-state index contributed by atoms with van der Waals surface area (Å²) in [6.45, 7) is 5.56. The molecule has 0 spiro atoms. The number of rotatable bonds is 8. The summed E-state index contributed by atoms with van der Waals surface area (Å²) >= 11 is 0. The zero-order valence-electron chi connectivity index (χ0n) is 11.1. The Kier molecular flexibility index (Phi) is 6.22. The Balaban J connectivity index is 2.34. The number of hydrogen-bond donors (Lipinski definition) is 1. The highest BCUT2D eigenvalue weighted by Crippen LogP contribution is 2.09. The standard InChI is InChI=1S/C13H24N2O2/c1-4-11-9-12(15(3)14-11)10-13(16)7-6-8-17-5-2/h9,13,16H,4-8,10H2,1-3H3. The number of aliphatic hydroxyl groups is 1. The summed E-state index contributed by atoms with van der Waals surface area (Å²) in [5, 5.41) is 14.3. The zero-order valence-corrected chi connectivity index (χ0v) is 11.1. The number of ether oxygens (including phenoxy) is 1. The molecule has 0 aliphatic heterocycles. The van der Waals surface area contributed by atoms with Gasteiger partial charge in [-0.15, -0.1) is 0 Å². The molecule has 0 saturated carbocycles. The van der Waals surface area contributed by atoms with Crippen molar-refractivity contribution in [3.63, 3.8) is 0 Å². The van der Waals surface area contributed by atoms with Gasteiger partial charge in [-0.2, -0.15) is 5.10 Å². The summed E-state index contributed by atoms with van der Waals surface area (Å²) in [7, 11) is 1.93. The van der Waals surface area contributed by atoms with Crippen molar-refractivity contribution in [1.82, 2.24) is 9.78 Å². The van der Waals surface area contributed by atoms with Gasteiger partial charge in [0.15, 0.2) is 0 Å². The molecule has 0 fully saturated rings. The van der Waals surface area contributed by atoms with Gasteiger partial charge in [-0.1, -0.05) is 6.92 Å². The minimum atomic E-state index is -0.296. The first-order valence-corrected chi connectivity index (χ1v) is 6.45. The van der Waals surface area contributed by atoms with Crippen LogP contribution in [-0.2, 0) is 24.6 Å². The van der Waals surface area contributed by atoms with Gasteiger partial charge in [0.1, 0.15) is 0 Å². The Morgan fingerprint density at radius 1 is 1.47 bits per heavy atom. The van der Waals surface area contributed by atoms with Crippen molar-refractivity contribution >= 4 is 0 Å². The molecule has 0 amide bonds. The van der Waals surface area contributed by atoms with Crippen LogP contribution in [0, 0.1) is 0 Å². The fourth-order valence-electron chi connectivity index (χ4n) is 1.84. The van der Waals surface area contributed by atoms with Crippen LogP contribution in [-0.4, -0.2) is 34.2 Å². The second kappa shape index (κ2) is 7.45. The Morgan fingerprint density at radius 2 is 2.24 bits per heavy atom. The van der Waals surface area contributed by atoms with Crippen LogP contribution >= 0.6 is 0 Å². The third kappa shape index (κ3) is 4.88. The molecule has 1 unspecified atom stereocenters. The molecule has 4 heteroatoms. The second-order valence-electron chi connectivity index (χ2n) is 4.30. The van der Waals surface area contributed by atoms with Crippen molar-refractivity contribution in [2.24, 2.45) is 7.05 Å². The molecule has 0 saturated heterocycles. The van der Waals surface area contributed by atoms with Crippen LogP contribution < -0.4 is 0 Å². The van der Waals surface area contributed by atoms with Crippen LogP contribution in [0.4, 0.5) is 0 Å². The molecule has 0 aliphatic rings. The Bertz CT molecular complexity index is 323. The summed E-state index contributed by atoms with van der Waals surface area (Å²) in [4.78, 5) is 0. The molecular weight excluding hydrogens is 216 g/mol. The minimum Gasteiger partial charge on any atom is -0.393 e. The van der Waals surface area contributed by atoms with Crippen molar-refractivity contribution in [1.29, 1.82) is 0 Å². The zero-order chi connectivity index (χ0) is 12.7. The maximum absolute atomic E-state index is 9.91. The maximum Gasteiger partial charge on any atom is 0.0624 e. The molecule has 1 aromatic heterocycles. The summed E-state index contributed by atoms with van der Waals surface area (Å²) in [5.41, 5.74) is 2.19. The topological polar surface area (TPSA) is 47.3 Å². The predicted octanol–water partition coefficient (Wildman–Crippen LogP) is 1.70. The van der Waals surface area contributed by atoms with Crippen LogP contribution in [0.1, 0.15) is 38.1 Å². The van der Waals surface area contributed by atoms with Gasteiger partial charge >= 0.3 is 0 Å². The average Bonchev–Trinajstić information content (AvgIpc) is 2.66. The van der Waals surface area contributed by atoms with Crippen molar-refractivity contribution < 1.29 is 9.84 Å². The van der Waals surface area contributed by atoms with E-state index >= 15 is 0 Å². The number of aryl methyl sites for hydroxylation is 2. The molecule has 0 aliphatic carbocycles. The van der Waals surface area contributed by atoms with Crippen molar-refractivity contribution in [2.45, 2.75) is 45.6 Å². The molecule has 17 heavy (non-hydrogen) atoms. The lowest BCUT2D eigenvalue weighted by atomic mass is 10.1. The Labute approximate surface area is 104 Å². The second-order valence-corrected chi connectivity index (χ2v) is 4.30. The highest BCUT2D eigenvalue weighted by atomic mass is 16.5. The predicted molar refractivity (Wildman–Crippen MR) is 68.0 cm³/mol. The fraction of sp³-hybridized carbons (Fsp3) is 0.769. The third-order valence-electron chi connectivity index (χ3n) is 2.86. The van der Waals surface area contributed by atoms with E-state index in [2.05, 4.69) is 18.1 Å². The summed E-state index contributed by atoms with van der Waals surface area (Å²) in [6, 6.07) is 2.08. The third-order valence-corrected chi connectivity index (χ3v) is 2.86. The first kappa shape index (κ1) is 14.2. The van der Waals surface area contributed by atoms with Gasteiger partial charge in [0.05, 0.1) is 11.8 Å². The largest absolute Gasteiger partial charge is 0.393 e. The van der Waals surface area contributed by atoms with E-state index < -0.39 is 0 Å². The van der Waals surface area contributed by atoms with Gasteiger partial charge in [-0.25, -0.2) is 0 Å². The lowest BCUT2D eigenvalue weighted by molar-refractivity contribution is 0.113. The summed E-state index contributed by atoms with van der Waals surface area (Å²) in [6.07, 6.45) is 3.01. The lowest BCUT2D eigenvalue weighted by Crippen LogP contribution is -2.14. The lowest BCUT2D eigenvalue weighted by Gasteiger charge is -2.10. The van der Waals surface area contributed by atoms with E-state index in [4.69, 9.17) is 4.74 Å². The van der Waals surface area contributed by atoms with Crippen LogP contribution in [0.5, 0.6) is 0 Å². The first-order valence-electron chi connectivity index (χ1n) is 6.45. The molecule has 4 nitrogen and oxygen atoms in total. The molecule has 1 aromatic rings. The molecule has 1 N–H and O–H groups in total. The summed E-state index contributed by atoms with van der Waals surface area (Å²) in [5.74, 6) is 0. The monoisotopic (exact) mass is 240 g/mol. The molecule has 0 aromatic carbocycles. The van der Waals surface area contributed by atoms with Gasteiger partial charge in [0, 0.05) is 32.4 Å². The molecule has 0 radical (unpaired) electrons. The van der Waals surface area contributed by atoms with Crippen molar-refractivity contribution in [3.05, 3.63) is 17.5 Å². The molecular formula is C13H24N2O2. The number of aromatic nitrogens is 2. The van der Waals surface area contributed by atoms with Crippen LogP contribution in [0.25, 0.3) is 0 Å². The molecule has 1 rings (SSSR count). The number of hydrogen-bond acceptors (Lipinski definition) is 3. The highest BCUT2D eigenvalue weighted by Gasteiger charge is 2.10. The quantitative estimate of drug-likeness (QED) is 0.704.